The molecular weight excluding hydrogens is 493 g/mol. The molecule has 0 spiro atoms. The molecule has 0 radical (unpaired) electrons. The van der Waals surface area contributed by atoms with Crippen molar-refractivity contribution in [3.63, 3.8) is 0 Å². The minimum Gasteiger partial charge on any atom is -0.256 e. The first-order valence-electron chi connectivity index (χ1n) is 9.72. The Morgan fingerprint density at radius 2 is 1.60 bits per heavy atom. The van der Waals surface area contributed by atoms with Gasteiger partial charge in [0, 0.05) is 29.1 Å². The van der Waals surface area contributed by atoms with Crippen LogP contribution in [-0.4, -0.2) is 28.4 Å². The predicted octanol–water partition coefficient (Wildman–Crippen LogP) is 4.87. The van der Waals surface area contributed by atoms with Crippen LogP contribution in [0.1, 0.15) is 17.8 Å². The maximum absolute atomic E-state index is 13.5. The van der Waals surface area contributed by atoms with E-state index in [0.29, 0.717) is 5.56 Å². The number of alkyl halides is 5. The number of hydrogen-bond donors (Lipinski definition) is 1. The summed E-state index contributed by atoms with van der Waals surface area (Å²) in [6.07, 6.45) is -5.39. The molecule has 2 N–H and O–H groups in total. The van der Waals surface area contributed by atoms with E-state index in [-0.39, 0.29) is 33.2 Å². The Kier molecular flexibility index (Phi) is 6.30. The van der Waals surface area contributed by atoms with E-state index in [1.807, 2.05) is 0 Å². The topological polar surface area (TPSA) is 112 Å². The molecule has 7 nitrogen and oxygen atoms in total. The van der Waals surface area contributed by atoms with Crippen molar-refractivity contribution >= 4 is 10.0 Å². The van der Waals surface area contributed by atoms with E-state index in [4.69, 9.17) is 5.14 Å². The zero-order valence-corrected chi connectivity index (χ0v) is 18.2. The highest BCUT2D eigenvalue weighted by atomic mass is 32.2. The lowest BCUT2D eigenvalue weighted by atomic mass is 10.1. The number of halogens is 5. The van der Waals surface area contributed by atoms with Gasteiger partial charge in [0.05, 0.1) is 16.3 Å². The fraction of sp³-hybridized carbons (Fsp3) is 0.0909. The second-order valence-corrected chi connectivity index (χ2v) is 8.80. The number of pyridine rings is 2. The van der Waals surface area contributed by atoms with Crippen molar-refractivity contribution in [1.29, 1.82) is 0 Å². The first kappa shape index (κ1) is 24.3. The van der Waals surface area contributed by atoms with Gasteiger partial charge in [-0.3, -0.25) is 9.97 Å². The number of nitrogens with zero attached hydrogens (tertiary/aromatic N) is 4. The Balaban J connectivity index is 1.79. The zero-order valence-electron chi connectivity index (χ0n) is 17.4. The summed E-state index contributed by atoms with van der Waals surface area (Å²) in [4.78, 5) is 15.5. The Bertz CT molecular complexity index is 1490. The molecule has 180 valence electrons. The molecule has 4 aromatic rings. The minimum absolute atomic E-state index is 0.0545. The fourth-order valence-corrected chi connectivity index (χ4v) is 3.69. The van der Waals surface area contributed by atoms with Gasteiger partial charge in [-0.2, -0.15) is 13.2 Å². The fourth-order valence-electron chi connectivity index (χ4n) is 3.13. The van der Waals surface area contributed by atoms with E-state index in [0.717, 1.165) is 24.4 Å². The summed E-state index contributed by atoms with van der Waals surface area (Å²) >= 11 is 0. The van der Waals surface area contributed by atoms with Crippen LogP contribution in [0.2, 0.25) is 0 Å². The summed E-state index contributed by atoms with van der Waals surface area (Å²) in [6, 6.07) is 11.3. The summed E-state index contributed by atoms with van der Waals surface area (Å²) in [7, 11) is -3.97. The highest BCUT2D eigenvalue weighted by molar-refractivity contribution is 7.89. The largest absolute Gasteiger partial charge is 0.433 e. The number of hydrogen-bond acceptors (Lipinski definition) is 6. The lowest BCUT2D eigenvalue weighted by molar-refractivity contribution is -0.141. The van der Waals surface area contributed by atoms with E-state index < -0.39 is 34.0 Å². The molecular formula is C22H14F5N5O2S. The molecule has 0 bridgehead atoms. The van der Waals surface area contributed by atoms with Crippen LogP contribution in [0, 0.1) is 0 Å². The third-order valence-corrected chi connectivity index (χ3v) is 5.71. The van der Waals surface area contributed by atoms with Gasteiger partial charge in [0.25, 0.3) is 6.43 Å². The normalized spacial score (nSPS) is 12.2. The molecule has 0 aliphatic heterocycles. The molecule has 0 aliphatic carbocycles. The van der Waals surface area contributed by atoms with Crippen LogP contribution in [0.5, 0.6) is 0 Å². The van der Waals surface area contributed by atoms with Gasteiger partial charge in [-0.15, -0.1) is 0 Å². The van der Waals surface area contributed by atoms with Crippen molar-refractivity contribution in [3.8, 4) is 33.9 Å². The summed E-state index contributed by atoms with van der Waals surface area (Å²) in [6.45, 7) is 0. The monoisotopic (exact) mass is 507 g/mol. The number of rotatable bonds is 5. The molecule has 0 saturated carbocycles. The number of benzene rings is 1. The smallest absolute Gasteiger partial charge is 0.256 e. The minimum atomic E-state index is -4.66. The average Bonchev–Trinajstić information content (AvgIpc) is 2.83. The van der Waals surface area contributed by atoms with E-state index in [1.54, 1.807) is 6.07 Å². The highest BCUT2D eigenvalue weighted by Gasteiger charge is 2.32. The van der Waals surface area contributed by atoms with Crippen molar-refractivity contribution in [1.82, 2.24) is 19.9 Å². The van der Waals surface area contributed by atoms with Crippen LogP contribution >= 0.6 is 0 Å². The van der Waals surface area contributed by atoms with Crippen LogP contribution in [0.15, 0.2) is 71.9 Å². The Morgan fingerprint density at radius 1 is 0.829 bits per heavy atom. The van der Waals surface area contributed by atoms with Crippen LogP contribution in [0.4, 0.5) is 22.0 Å². The lowest BCUT2D eigenvalue weighted by Crippen LogP contribution is -2.11. The molecule has 4 rings (SSSR count). The van der Waals surface area contributed by atoms with Crippen LogP contribution in [0.3, 0.4) is 0 Å². The molecule has 1 aromatic carbocycles. The standard InChI is InChI=1S/C22H14F5N5O2S/c23-20(24)18-10-17(14-4-5-19(30-11-14)22(25,26)27)31-21(32-18)13-6-7-29-16(9-13)12-2-1-3-15(8-12)35(28,33)34/h1-11,20H,(H2,28,33,34). The van der Waals surface area contributed by atoms with Crippen molar-refractivity contribution in [2.75, 3.05) is 0 Å². The van der Waals surface area contributed by atoms with Gasteiger partial charge in [-0.1, -0.05) is 12.1 Å². The number of aromatic nitrogens is 4. The lowest BCUT2D eigenvalue weighted by Gasteiger charge is -2.10. The third-order valence-electron chi connectivity index (χ3n) is 4.80. The van der Waals surface area contributed by atoms with Gasteiger partial charge >= 0.3 is 6.18 Å². The van der Waals surface area contributed by atoms with Gasteiger partial charge in [0.2, 0.25) is 10.0 Å². The molecule has 0 fully saturated rings. The van der Waals surface area contributed by atoms with Crippen LogP contribution in [0.25, 0.3) is 33.9 Å². The van der Waals surface area contributed by atoms with Crippen molar-refractivity contribution in [3.05, 3.63) is 78.4 Å². The van der Waals surface area contributed by atoms with Crippen molar-refractivity contribution in [2.45, 2.75) is 17.5 Å². The SMILES string of the molecule is NS(=O)(=O)c1cccc(-c2cc(-c3nc(-c4ccc(C(F)(F)F)nc4)cc(C(F)F)n3)ccn2)c1. The highest BCUT2D eigenvalue weighted by Crippen LogP contribution is 2.31. The van der Waals surface area contributed by atoms with Gasteiger partial charge in [-0.05, 0) is 42.5 Å². The maximum Gasteiger partial charge on any atom is 0.433 e. The molecule has 0 aliphatic rings. The number of primary sulfonamides is 1. The summed E-state index contributed by atoms with van der Waals surface area (Å²) in [5, 5.41) is 5.17. The quantitative estimate of drug-likeness (QED) is 0.386. The first-order chi connectivity index (χ1) is 16.4. The van der Waals surface area contributed by atoms with Crippen molar-refractivity contribution < 1.29 is 30.4 Å². The molecule has 0 amide bonds. The summed E-state index contributed by atoms with van der Waals surface area (Å²) < 4.78 is 88.8. The predicted molar refractivity (Wildman–Crippen MR) is 115 cm³/mol. The van der Waals surface area contributed by atoms with Gasteiger partial charge in [0.1, 0.15) is 11.4 Å². The number of nitrogens with two attached hydrogens (primary N) is 1. The first-order valence-corrected chi connectivity index (χ1v) is 11.3. The number of sulfonamides is 1. The molecule has 0 unspecified atom stereocenters. The third kappa shape index (κ3) is 5.46. The Labute approximate surface area is 195 Å². The van der Waals surface area contributed by atoms with E-state index >= 15 is 0 Å². The van der Waals surface area contributed by atoms with Crippen LogP contribution in [-0.2, 0) is 16.2 Å². The summed E-state index contributed by atoms with van der Waals surface area (Å²) in [5.74, 6) is -0.135. The molecule has 0 atom stereocenters. The molecule has 3 heterocycles. The van der Waals surface area contributed by atoms with E-state index in [9.17, 15) is 30.4 Å². The average molecular weight is 507 g/mol. The summed E-state index contributed by atoms with van der Waals surface area (Å²) in [5.41, 5.74) is -0.809. The second-order valence-electron chi connectivity index (χ2n) is 7.23. The van der Waals surface area contributed by atoms with Crippen molar-refractivity contribution in [2.24, 2.45) is 5.14 Å². The zero-order chi connectivity index (χ0) is 25.4. The van der Waals surface area contributed by atoms with Gasteiger partial charge in [-0.25, -0.2) is 32.3 Å². The Hall–Kier alpha value is -3.84. The maximum atomic E-state index is 13.5. The van der Waals surface area contributed by atoms with Crippen LogP contribution < -0.4 is 5.14 Å². The van der Waals surface area contributed by atoms with E-state index in [2.05, 4.69) is 19.9 Å². The molecule has 13 heteroatoms. The van der Waals surface area contributed by atoms with Gasteiger partial charge < -0.3 is 0 Å². The van der Waals surface area contributed by atoms with Gasteiger partial charge in [0.15, 0.2) is 5.82 Å². The second kappa shape index (κ2) is 9.07. The molecule has 3 aromatic heterocycles. The Morgan fingerprint density at radius 3 is 2.23 bits per heavy atom. The molecule has 35 heavy (non-hydrogen) atoms. The molecule has 0 saturated heterocycles. The van der Waals surface area contributed by atoms with E-state index in [1.165, 1.54) is 36.5 Å².